The van der Waals surface area contributed by atoms with Crippen molar-refractivity contribution in [3.63, 3.8) is 0 Å². The average molecular weight is 257 g/mol. The lowest BCUT2D eigenvalue weighted by molar-refractivity contribution is 1.33. The Kier molecular flexibility index (Phi) is 2.60. The maximum Gasteiger partial charge on any atom is 0.0934 e. The summed E-state index contributed by atoms with van der Waals surface area (Å²) < 4.78 is 0. The van der Waals surface area contributed by atoms with Gasteiger partial charge in [-0.2, -0.15) is 0 Å². The Balaban J connectivity index is 2.74. The number of aromatic amines is 1. The van der Waals surface area contributed by atoms with Crippen molar-refractivity contribution >= 4 is 38.7 Å². The summed E-state index contributed by atoms with van der Waals surface area (Å²) in [7, 11) is 0. The van der Waals surface area contributed by atoms with E-state index in [4.69, 9.17) is 0 Å². The molecule has 0 atom stereocenters. The second kappa shape index (κ2) is 3.72. The van der Waals surface area contributed by atoms with E-state index in [-0.39, 0.29) is 0 Å². The van der Waals surface area contributed by atoms with E-state index in [0.29, 0.717) is 0 Å². The van der Waals surface area contributed by atoms with Crippen molar-refractivity contribution in [2.75, 3.05) is 6.26 Å². The number of fused-ring (bicyclic) bond motifs is 1. The summed E-state index contributed by atoms with van der Waals surface area (Å²) in [5.41, 5.74) is 3.45. The fourth-order valence-corrected chi connectivity index (χ4v) is 2.36. The lowest BCUT2D eigenvalue weighted by Gasteiger charge is -2.01. The van der Waals surface area contributed by atoms with Crippen molar-refractivity contribution < 1.29 is 0 Å². The number of nitrogens with zero attached hydrogens (tertiary/aromatic N) is 1. The molecule has 1 N–H and O–H groups in total. The number of H-pyrrole nitrogens is 1. The minimum absolute atomic E-state index is 0.850. The maximum atomic E-state index is 4.30. The Hall–Kier alpha value is -0.480. The minimum atomic E-state index is 0.850. The molecule has 4 heteroatoms. The molecular formula is C9H9BrN2S. The summed E-state index contributed by atoms with van der Waals surface area (Å²) in [6.07, 6.45) is 3.82. The number of alkyl halides is 1. The van der Waals surface area contributed by atoms with Crippen molar-refractivity contribution in [1.82, 2.24) is 9.97 Å². The normalized spacial score (nSPS) is 10.9. The van der Waals surface area contributed by atoms with E-state index in [2.05, 4.69) is 44.3 Å². The first kappa shape index (κ1) is 9.09. The van der Waals surface area contributed by atoms with Crippen LogP contribution < -0.4 is 0 Å². The van der Waals surface area contributed by atoms with Gasteiger partial charge in [-0.25, -0.2) is 4.98 Å². The highest BCUT2D eigenvalue weighted by molar-refractivity contribution is 9.08. The molecule has 0 radical (unpaired) electrons. The molecule has 0 aliphatic heterocycles. The highest BCUT2D eigenvalue weighted by atomic mass is 79.9. The highest BCUT2D eigenvalue weighted by Gasteiger charge is 2.06. The van der Waals surface area contributed by atoms with E-state index in [1.54, 1.807) is 18.1 Å². The van der Waals surface area contributed by atoms with Crippen molar-refractivity contribution in [3.8, 4) is 0 Å². The molecular weight excluding hydrogens is 248 g/mol. The van der Waals surface area contributed by atoms with Gasteiger partial charge in [0.05, 0.1) is 17.4 Å². The third kappa shape index (κ3) is 1.48. The van der Waals surface area contributed by atoms with Crippen LogP contribution in [0.15, 0.2) is 23.4 Å². The molecule has 0 unspecified atom stereocenters. The number of aromatic nitrogens is 2. The fourth-order valence-electron chi connectivity index (χ4n) is 1.34. The lowest BCUT2D eigenvalue weighted by Crippen LogP contribution is -1.82. The summed E-state index contributed by atoms with van der Waals surface area (Å²) in [5.74, 6) is 0. The first-order valence-corrected chi connectivity index (χ1v) is 6.26. The number of halogens is 1. The number of hydrogen-bond donors (Lipinski definition) is 1. The molecule has 2 aromatic rings. The van der Waals surface area contributed by atoms with Gasteiger partial charge >= 0.3 is 0 Å². The molecule has 1 heterocycles. The predicted octanol–water partition coefficient (Wildman–Crippen LogP) is 3.18. The zero-order chi connectivity index (χ0) is 9.26. The molecule has 2 nitrogen and oxygen atoms in total. The smallest absolute Gasteiger partial charge is 0.0934 e. The first-order chi connectivity index (χ1) is 6.36. The van der Waals surface area contributed by atoms with Crippen LogP contribution in [-0.2, 0) is 5.33 Å². The molecule has 0 amide bonds. The molecule has 0 aliphatic carbocycles. The quantitative estimate of drug-likeness (QED) is 0.661. The molecule has 1 aromatic heterocycles. The van der Waals surface area contributed by atoms with Gasteiger partial charge in [-0.1, -0.05) is 22.0 Å². The SMILES string of the molecule is CSc1ccc(CBr)c2nc[nH]c12. The maximum absolute atomic E-state index is 4.30. The summed E-state index contributed by atoms with van der Waals surface area (Å²) in [6.45, 7) is 0. The van der Waals surface area contributed by atoms with Gasteiger partial charge in [0.25, 0.3) is 0 Å². The van der Waals surface area contributed by atoms with Crippen LogP contribution in [0.5, 0.6) is 0 Å². The molecule has 13 heavy (non-hydrogen) atoms. The van der Waals surface area contributed by atoms with Crippen LogP contribution in [0.2, 0.25) is 0 Å². The van der Waals surface area contributed by atoms with Crippen molar-refractivity contribution in [3.05, 3.63) is 24.0 Å². The number of hydrogen-bond acceptors (Lipinski definition) is 2. The zero-order valence-corrected chi connectivity index (χ0v) is 9.58. The van der Waals surface area contributed by atoms with Crippen molar-refractivity contribution in [1.29, 1.82) is 0 Å². The molecule has 0 bridgehead atoms. The van der Waals surface area contributed by atoms with Gasteiger partial charge < -0.3 is 4.98 Å². The van der Waals surface area contributed by atoms with Crippen LogP contribution in [0.4, 0.5) is 0 Å². The van der Waals surface area contributed by atoms with E-state index >= 15 is 0 Å². The average Bonchev–Trinajstić information content (AvgIpc) is 2.64. The summed E-state index contributed by atoms with van der Waals surface area (Å²) in [4.78, 5) is 8.71. The van der Waals surface area contributed by atoms with Crippen LogP contribution in [-0.4, -0.2) is 16.2 Å². The van der Waals surface area contributed by atoms with Gasteiger partial charge in [0, 0.05) is 10.2 Å². The Bertz CT molecular complexity index is 386. The number of imidazole rings is 1. The van der Waals surface area contributed by atoms with Crippen LogP contribution in [0.25, 0.3) is 11.0 Å². The summed E-state index contributed by atoms with van der Waals surface area (Å²) >= 11 is 5.18. The molecule has 2 rings (SSSR count). The van der Waals surface area contributed by atoms with Gasteiger partial charge in [-0.15, -0.1) is 11.8 Å². The number of nitrogens with one attached hydrogen (secondary N) is 1. The third-order valence-corrected chi connectivity index (χ3v) is 3.37. The second-order valence-corrected chi connectivity index (χ2v) is 4.10. The van der Waals surface area contributed by atoms with Gasteiger partial charge in [-0.05, 0) is 17.9 Å². The number of benzene rings is 1. The Morgan fingerprint density at radius 1 is 1.54 bits per heavy atom. The fraction of sp³-hybridized carbons (Fsp3) is 0.222. The highest BCUT2D eigenvalue weighted by Crippen LogP contribution is 2.27. The lowest BCUT2D eigenvalue weighted by atomic mass is 10.2. The topological polar surface area (TPSA) is 28.7 Å². The molecule has 0 saturated carbocycles. The van der Waals surface area contributed by atoms with Crippen LogP contribution in [0.1, 0.15) is 5.56 Å². The van der Waals surface area contributed by atoms with Gasteiger partial charge in [0.1, 0.15) is 0 Å². The molecule has 0 fully saturated rings. The van der Waals surface area contributed by atoms with E-state index in [1.807, 2.05) is 0 Å². The minimum Gasteiger partial charge on any atom is -0.344 e. The Morgan fingerprint density at radius 2 is 2.38 bits per heavy atom. The molecule has 0 aliphatic rings. The molecule has 1 aromatic carbocycles. The van der Waals surface area contributed by atoms with E-state index < -0.39 is 0 Å². The van der Waals surface area contributed by atoms with Crippen molar-refractivity contribution in [2.45, 2.75) is 10.2 Å². The van der Waals surface area contributed by atoms with Gasteiger partial charge in [0.2, 0.25) is 0 Å². The standard InChI is InChI=1S/C9H9BrN2S/c1-13-7-3-2-6(4-10)8-9(7)12-5-11-8/h2-3,5H,4H2,1H3,(H,11,12). The first-order valence-electron chi connectivity index (χ1n) is 3.91. The van der Waals surface area contributed by atoms with Crippen LogP contribution in [0.3, 0.4) is 0 Å². The monoisotopic (exact) mass is 256 g/mol. The van der Waals surface area contributed by atoms with Gasteiger partial charge in [0.15, 0.2) is 0 Å². The molecule has 68 valence electrons. The second-order valence-electron chi connectivity index (χ2n) is 2.69. The van der Waals surface area contributed by atoms with Crippen LogP contribution >= 0.6 is 27.7 Å². The van der Waals surface area contributed by atoms with E-state index in [0.717, 1.165) is 16.4 Å². The van der Waals surface area contributed by atoms with Crippen LogP contribution in [0, 0.1) is 0 Å². The predicted molar refractivity (Wildman–Crippen MR) is 60.5 cm³/mol. The number of thioether (sulfide) groups is 1. The Morgan fingerprint density at radius 3 is 3.08 bits per heavy atom. The molecule has 0 spiro atoms. The van der Waals surface area contributed by atoms with E-state index in [1.165, 1.54) is 10.5 Å². The molecule has 0 saturated heterocycles. The third-order valence-electron chi connectivity index (χ3n) is 1.99. The zero-order valence-electron chi connectivity index (χ0n) is 7.17. The summed E-state index contributed by atoms with van der Waals surface area (Å²) in [5, 5.41) is 0.850. The Labute approximate surface area is 89.3 Å². The summed E-state index contributed by atoms with van der Waals surface area (Å²) in [6, 6.07) is 4.24. The number of rotatable bonds is 2. The van der Waals surface area contributed by atoms with Gasteiger partial charge in [-0.3, -0.25) is 0 Å². The van der Waals surface area contributed by atoms with Crippen molar-refractivity contribution in [2.24, 2.45) is 0 Å². The van der Waals surface area contributed by atoms with E-state index in [9.17, 15) is 0 Å². The largest absolute Gasteiger partial charge is 0.344 e.